The standard InChI is InChI=1S/C24H17Cl2F2N3O2/c1-13-4-2-7-19(31-13)20(24(33-12-32)15-5-3-6-16(25)21(15)28)23-22(29-11-30-23)14-8-9-18(27)17(26)10-14/h2-12,20,24H,1H3,(H,29,30). The van der Waals surface area contributed by atoms with Crippen molar-refractivity contribution in [2.75, 3.05) is 0 Å². The summed E-state index contributed by atoms with van der Waals surface area (Å²) in [6.45, 7) is 2.06. The first-order valence-electron chi connectivity index (χ1n) is 9.86. The SMILES string of the molecule is Cc1cccc(C(c2[nH]cnc2-c2ccc(F)c(Cl)c2)C(OC=O)c2cccc(Cl)c2F)n1. The van der Waals surface area contributed by atoms with E-state index in [0.717, 1.165) is 0 Å². The quantitative estimate of drug-likeness (QED) is 0.305. The Hall–Kier alpha value is -3.29. The van der Waals surface area contributed by atoms with Gasteiger partial charge in [0.15, 0.2) is 0 Å². The summed E-state index contributed by atoms with van der Waals surface area (Å²) in [4.78, 5) is 23.5. The summed E-state index contributed by atoms with van der Waals surface area (Å²) >= 11 is 12.0. The first-order valence-corrected chi connectivity index (χ1v) is 10.6. The third kappa shape index (κ3) is 4.60. The van der Waals surface area contributed by atoms with E-state index < -0.39 is 23.7 Å². The number of aromatic nitrogens is 3. The van der Waals surface area contributed by atoms with Gasteiger partial charge in [-0.1, -0.05) is 41.4 Å². The Balaban J connectivity index is 1.95. The third-order valence-electron chi connectivity index (χ3n) is 5.19. The van der Waals surface area contributed by atoms with Crippen LogP contribution in [-0.2, 0) is 9.53 Å². The average molecular weight is 488 g/mol. The fraction of sp³-hybridized carbons (Fsp3) is 0.125. The first-order chi connectivity index (χ1) is 15.9. The Morgan fingerprint density at radius 3 is 2.58 bits per heavy atom. The minimum absolute atomic E-state index is 0.0700. The maximum Gasteiger partial charge on any atom is 0.293 e. The largest absolute Gasteiger partial charge is 0.458 e. The molecule has 0 aliphatic carbocycles. The van der Waals surface area contributed by atoms with Gasteiger partial charge in [-0.25, -0.2) is 13.8 Å². The number of H-pyrrole nitrogens is 1. The molecule has 0 spiro atoms. The molecule has 0 fully saturated rings. The van der Waals surface area contributed by atoms with E-state index in [1.54, 1.807) is 18.2 Å². The molecule has 9 heteroatoms. The number of pyridine rings is 1. The lowest BCUT2D eigenvalue weighted by Crippen LogP contribution is -2.19. The molecule has 33 heavy (non-hydrogen) atoms. The molecule has 2 aromatic carbocycles. The zero-order valence-electron chi connectivity index (χ0n) is 17.2. The molecule has 0 aliphatic heterocycles. The summed E-state index contributed by atoms with van der Waals surface area (Å²) < 4.78 is 34.2. The molecule has 4 rings (SSSR count). The topological polar surface area (TPSA) is 67.9 Å². The highest BCUT2D eigenvalue weighted by Crippen LogP contribution is 2.42. The van der Waals surface area contributed by atoms with Crippen LogP contribution in [0, 0.1) is 18.6 Å². The fourth-order valence-corrected chi connectivity index (χ4v) is 4.10. The van der Waals surface area contributed by atoms with Crippen LogP contribution < -0.4 is 0 Å². The van der Waals surface area contributed by atoms with Crippen molar-refractivity contribution in [2.45, 2.75) is 18.9 Å². The van der Waals surface area contributed by atoms with Crippen LogP contribution in [0.25, 0.3) is 11.3 Å². The number of hydrogen-bond donors (Lipinski definition) is 1. The van der Waals surface area contributed by atoms with Crippen molar-refractivity contribution in [3.05, 3.63) is 105 Å². The predicted octanol–water partition coefficient (Wildman–Crippen LogP) is 6.41. The van der Waals surface area contributed by atoms with Crippen LogP contribution in [0.5, 0.6) is 0 Å². The molecule has 168 valence electrons. The Kier molecular flexibility index (Phi) is 6.72. The van der Waals surface area contributed by atoms with Gasteiger partial charge in [0.05, 0.1) is 39.4 Å². The Morgan fingerprint density at radius 1 is 1.06 bits per heavy atom. The van der Waals surface area contributed by atoms with E-state index in [-0.39, 0.29) is 22.1 Å². The van der Waals surface area contributed by atoms with Gasteiger partial charge in [0.1, 0.15) is 17.7 Å². The van der Waals surface area contributed by atoms with E-state index in [4.69, 9.17) is 27.9 Å². The number of nitrogens with one attached hydrogen (secondary N) is 1. The van der Waals surface area contributed by atoms with Crippen molar-refractivity contribution in [1.82, 2.24) is 15.0 Å². The van der Waals surface area contributed by atoms with Gasteiger partial charge in [-0.05, 0) is 43.3 Å². The second-order valence-electron chi connectivity index (χ2n) is 7.27. The summed E-state index contributed by atoms with van der Waals surface area (Å²) in [7, 11) is 0. The van der Waals surface area contributed by atoms with Crippen molar-refractivity contribution in [3.63, 3.8) is 0 Å². The maximum atomic E-state index is 15.1. The molecule has 2 unspecified atom stereocenters. The molecule has 0 amide bonds. The number of hydrogen-bond acceptors (Lipinski definition) is 4. The number of carbonyl (C=O) groups excluding carboxylic acids is 1. The van der Waals surface area contributed by atoms with Crippen LogP contribution in [-0.4, -0.2) is 21.4 Å². The summed E-state index contributed by atoms with van der Waals surface area (Å²) in [5.41, 5.74) is 2.70. The molecule has 1 N–H and O–H groups in total. The zero-order valence-corrected chi connectivity index (χ0v) is 18.7. The molecule has 2 aromatic heterocycles. The number of halogens is 4. The van der Waals surface area contributed by atoms with Gasteiger partial charge in [-0.2, -0.15) is 0 Å². The second kappa shape index (κ2) is 9.68. The summed E-state index contributed by atoms with van der Waals surface area (Å²) in [5.74, 6) is -2.09. The number of carbonyl (C=O) groups is 1. The van der Waals surface area contributed by atoms with Crippen LogP contribution in [0.15, 0.2) is 60.9 Å². The number of imidazole rings is 1. The van der Waals surface area contributed by atoms with Crippen molar-refractivity contribution in [3.8, 4) is 11.3 Å². The molecule has 5 nitrogen and oxygen atoms in total. The van der Waals surface area contributed by atoms with Crippen LogP contribution in [0.1, 0.15) is 34.7 Å². The number of benzene rings is 2. The zero-order chi connectivity index (χ0) is 23.5. The monoisotopic (exact) mass is 487 g/mol. The molecule has 2 atom stereocenters. The minimum atomic E-state index is -1.13. The lowest BCUT2D eigenvalue weighted by molar-refractivity contribution is -0.134. The Labute approximate surface area is 198 Å². The van der Waals surface area contributed by atoms with Gasteiger partial charge < -0.3 is 9.72 Å². The predicted molar refractivity (Wildman–Crippen MR) is 121 cm³/mol. The Bertz CT molecular complexity index is 1310. The smallest absolute Gasteiger partial charge is 0.293 e. The average Bonchev–Trinajstić information content (AvgIpc) is 3.27. The van der Waals surface area contributed by atoms with E-state index in [0.29, 0.717) is 28.3 Å². The van der Waals surface area contributed by atoms with Crippen LogP contribution >= 0.6 is 23.2 Å². The van der Waals surface area contributed by atoms with Gasteiger partial charge >= 0.3 is 0 Å². The van der Waals surface area contributed by atoms with Crippen molar-refractivity contribution >= 4 is 29.7 Å². The maximum absolute atomic E-state index is 15.1. The Morgan fingerprint density at radius 2 is 1.85 bits per heavy atom. The number of nitrogens with zero attached hydrogens (tertiary/aromatic N) is 2. The van der Waals surface area contributed by atoms with Crippen molar-refractivity contribution in [1.29, 1.82) is 0 Å². The van der Waals surface area contributed by atoms with E-state index in [9.17, 15) is 9.18 Å². The molecule has 2 heterocycles. The molecular formula is C24H17Cl2F2N3O2. The highest BCUT2D eigenvalue weighted by atomic mass is 35.5. The van der Waals surface area contributed by atoms with Crippen LogP contribution in [0.4, 0.5) is 8.78 Å². The van der Waals surface area contributed by atoms with Gasteiger partial charge in [0.2, 0.25) is 0 Å². The van der Waals surface area contributed by atoms with Gasteiger partial charge in [0.25, 0.3) is 6.47 Å². The van der Waals surface area contributed by atoms with Gasteiger partial charge in [0, 0.05) is 16.8 Å². The molecule has 4 aromatic rings. The molecule has 0 radical (unpaired) electrons. The van der Waals surface area contributed by atoms with Crippen LogP contribution in [0.2, 0.25) is 10.0 Å². The normalized spacial score (nSPS) is 12.9. The molecule has 0 bridgehead atoms. The summed E-state index contributed by atoms with van der Waals surface area (Å²) in [6, 6.07) is 14.0. The van der Waals surface area contributed by atoms with Crippen molar-refractivity contribution in [2.24, 2.45) is 0 Å². The lowest BCUT2D eigenvalue weighted by atomic mass is 9.87. The van der Waals surface area contributed by atoms with Gasteiger partial charge in [-0.3, -0.25) is 9.78 Å². The number of aromatic amines is 1. The summed E-state index contributed by atoms with van der Waals surface area (Å²) in [5, 5.41) is -0.189. The lowest BCUT2D eigenvalue weighted by Gasteiger charge is -2.26. The first kappa shape index (κ1) is 22.9. The van der Waals surface area contributed by atoms with E-state index in [2.05, 4.69) is 15.0 Å². The molecule has 0 saturated heterocycles. The number of rotatable bonds is 7. The third-order valence-corrected chi connectivity index (χ3v) is 5.78. The highest BCUT2D eigenvalue weighted by Gasteiger charge is 2.35. The molecule has 0 saturated carbocycles. The number of ether oxygens (including phenoxy) is 1. The van der Waals surface area contributed by atoms with Crippen LogP contribution in [0.3, 0.4) is 0 Å². The summed E-state index contributed by atoms with van der Waals surface area (Å²) in [6.07, 6.45) is 0.308. The highest BCUT2D eigenvalue weighted by molar-refractivity contribution is 6.31. The molecular weight excluding hydrogens is 471 g/mol. The molecule has 0 aliphatic rings. The second-order valence-corrected chi connectivity index (χ2v) is 8.09. The van der Waals surface area contributed by atoms with E-state index in [1.165, 1.54) is 36.7 Å². The van der Waals surface area contributed by atoms with E-state index >= 15 is 4.39 Å². The number of aryl methyl sites for hydroxylation is 1. The van der Waals surface area contributed by atoms with Gasteiger partial charge in [-0.15, -0.1) is 0 Å². The minimum Gasteiger partial charge on any atom is -0.458 e. The van der Waals surface area contributed by atoms with Crippen molar-refractivity contribution < 1.29 is 18.3 Å². The fourth-order valence-electron chi connectivity index (χ4n) is 3.74. The van der Waals surface area contributed by atoms with E-state index in [1.807, 2.05) is 13.0 Å².